The molecule has 6 nitrogen and oxygen atoms in total. The molecule has 0 amide bonds. The fourth-order valence-electron chi connectivity index (χ4n) is 2.48. The molecule has 3 aromatic carbocycles. The number of nitrogen functional groups attached to an aromatic ring is 1. The van der Waals surface area contributed by atoms with Gasteiger partial charge in [0.1, 0.15) is 16.5 Å². The molecule has 0 bridgehead atoms. The molecule has 0 radical (unpaired) electrons. The van der Waals surface area contributed by atoms with Crippen LogP contribution in [0.3, 0.4) is 0 Å². The Morgan fingerprint density at radius 2 is 1.70 bits per heavy atom. The molecule has 0 saturated carbocycles. The summed E-state index contributed by atoms with van der Waals surface area (Å²) in [6, 6.07) is 16.8. The third-order valence-corrected chi connectivity index (χ3v) is 5.22. The molecule has 0 unspecified atom stereocenters. The summed E-state index contributed by atoms with van der Waals surface area (Å²) in [5.41, 5.74) is 7.03. The van der Waals surface area contributed by atoms with Crippen molar-refractivity contribution in [3.63, 3.8) is 0 Å². The fourth-order valence-corrected chi connectivity index (χ4v) is 3.68. The Hall–Kier alpha value is -3.26. The Bertz CT molecular complexity index is 1060. The van der Waals surface area contributed by atoms with Crippen molar-refractivity contribution in [1.82, 2.24) is 0 Å². The second kappa shape index (κ2) is 7.55. The van der Waals surface area contributed by atoms with Crippen LogP contribution in [0, 0.1) is 5.82 Å². The van der Waals surface area contributed by atoms with Gasteiger partial charge in [0, 0.05) is 11.8 Å². The fraction of sp³-hybridized carbons (Fsp3) is 0.0526. The molecule has 0 aromatic heterocycles. The number of nitrogens with one attached hydrogen (secondary N) is 2. The number of halogens is 1. The number of hydrogen-bond donors (Lipinski definition) is 3. The lowest BCUT2D eigenvalue weighted by atomic mass is 10.2. The standard InChI is InChI=1S/C19H18FN3O3S/c1-26-15-8-10-19(27(24,25)23-14-5-3-2-4-6-14)18(12-15)22-17-9-7-13(20)11-16(17)21/h2-12,22-23H,21H2,1H3. The summed E-state index contributed by atoms with van der Waals surface area (Å²) in [7, 11) is -2.42. The van der Waals surface area contributed by atoms with Crippen LogP contribution in [-0.4, -0.2) is 15.5 Å². The van der Waals surface area contributed by atoms with Gasteiger partial charge in [0.05, 0.1) is 24.2 Å². The Labute approximate surface area is 156 Å². The minimum Gasteiger partial charge on any atom is -0.497 e. The molecule has 4 N–H and O–H groups in total. The van der Waals surface area contributed by atoms with E-state index in [9.17, 15) is 12.8 Å². The molecule has 27 heavy (non-hydrogen) atoms. The van der Waals surface area contributed by atoms with Crippen LogP contribution in [-0.2, 0) is 10.0 Å². The molecule has 3 rings (SSSR count). The molecule has 0 aliphatic carbocycles. The number of hydrogen-bond acceptors (Lipinski definition) is 5. The number of methoxy groups -OCH3 is 1. The molecule has 0 aliphatic heterocycles. The second-order valence-corrected chi connectivity index (χ2v) is 7.34. The number of rotatable bonds is 6. The van der Waals surface area contributed by atoms with Crippen molar-refractivity contribution in [1.29, 1.82) is 0 Å². The van der Waals surface area contributed by atoms with Crippen LogP contribution >= 0.6 is 0 Å². The molecule has 0 aliphatic rings. The van der Waals surface area contributed by atoms with Crippen molar-refractivity contribution in [3.05, 3.63) is 72.5 Å². The van der Waals surface area contributed by atoms with Crippen molar-refractivity contribution >= 4 is 32.8 Å². The van der Waals surface area contributed by atoms with Crippen molar-refractivity contribution in [2.75, 3.05) is 22.9 Å². The number of sulfonamides is 1. The molecule has 0 fully saturated rings. The largest absolute Gasteiger partial charge is 0.497 e. The summed E-state index contributed by atoms with van der Waals surface area (Å²) in [6.07, 6.45) is 0. The van der Waals surface area contributed by atoms with E-state index in [0.717, 1.165) is 6.07 Å². The van der Waals surface area contributed by atoms with E-state index in [-0.39, 0.29) is 16.3 Å². The van der Waals surface area contributed by atoms with Gasteiger partial charge < -0.3 is 15.8 Å². The van der Waals surface area contributed by atoms with Gasteiger partial charge in [0.25, 0.3) is 10.0 Å². The summed E-state index contributed by atoms with van der Waals surface area (Å²) >= 11 is 0. The van der Waals surface area contributed by atoms with Gasteiger partial charge in [-0.3, -0.25) is 4.72 Å². The van der Waals surface area contributed by atoms with Gasteiger partial charge in [-0.15, -0.1) is 0 Å². The van der Waals surface area contributed by atoms with Gasteiger partial charge in [0.15, 0.2) is 0 Å². The maximum absolute atomic E-state index is 13.3. The minimum absolute atomic E-state index is 0.00382. The van der Waals surface area contributed by atoms with Crippen LogP contribution in [0.25, 0.3) is 0 Å². The van der Waals surface area contributed by atoms with Gasteiger partial charge in [-0.25, -0.2) is 12.8 Å². The summed E-state index contributed by atoms with van der Waals surface area (Å²) < 4.78 is 46.7. The predicted molar refractivity (Wildman–Crippen MR) is 104 cm³/mol. The smallest absolute Gasteiger partial charge is 0.263 e. The first-order valence-electron chi connectivity index (χ1n) is 7.97. The van der Waals surface area contributed by atoms with Crippen molar-refractivity contribution < 1.29 is 17.5 Å². The van der Waals surface area contributed by atoms with Gasteiger partial charge in [0.2, 0.25) is 0 Å². The molecular formula is C19H18FN3O3S. The van der Waals surface area contributed by atoms with Crippen molar-refractivity contribution in [3.8, 4) is 5.75 Å². The zero-order chi connectivity index (χ0) is 19.4. The van der Waals surface area contributed by atoms with E-state index in [1.165, 1.54) is 31.4 Å². The highest BCUT2D eigenvalue weighted by molar-refractivity contribution is 7.92. The van der Waals surface area contributed by atoms with E-state index >= 15 is 0 Å². The number of benzene rings is 3. The SMILES string of the molecule is COc1ccc(S(=O)(=O)Nc2ccccc2)c(Nc2ccc(F)cc2N)c1. The van der Waals surface area contributed by atoms with Crippen molar-refractivity contribution in [2.45, 2.75) is 4.90 Å². The van der Waals surface area contributed by atoms with Crippen LogP contribution in [0.15, 0.2) is 71.6 Å². The highest BCUT2D eigenvalue weighted by atomic mass is 32.2. The third-order valence-electron chi connectivity index (χ3n) is 3.79. The van der Waals surface area contributed by atoms with Gasteiger partial charge in [-0.05, 0) is 42.5 Å². The number of nitrogens with two attached hydrogens (primary N) is 1. The van der Waals surface area contributed by atoms with E-state index in [1.54, 1.807) is 36.4 Å². The van der Waals surface area contributed by atoms with Gasteiger partial charge >= 0.3 is 0 Å². The van der Waals surface area contributed by atoms with E-state index < -0.39 is 15.8 Å². The van der Waals surface area contributed by atoms with E-state index in [1.807, 2.05) is 0 Å². The Balaban J connectivity index is 2.02. The summed E-state index contributed by atoms with van der Waals surface area (Å²) in [4.78, 5) is -0.00382. The molecule has 8 heteroatoms. The Kier molecular flexibility index (Phi) is 5.18. The quantitative estimate of drug-likeness (QED) is 0.557. The zero-order valence-corrected chi connectivity index (χ0v) is 15.3. The van der Waals surface area contributed by atoms with Gasteiger partial charge in [-0.2, -0.15) is 0 Å². The first kappa shape index (κ1) is 18.5. The molecule has 0 spiro atoms. The highest BCUT2D eigenvalue weighted by Gasteiger charge is 2.20. The normalized spacial score (nSPS) is 11.0. The lowest BCUT2D eigenvalue weighted by Crippen LogP contribution is -2.15. The first-order chi connectivity index (χ1) is 12.9. The maximum Gasteiger partial charge on any atom is 0.263 e. The zero-order valence-electron chi connectivity index (χ0n) is 14.4. The lowest BCUT2D eigenvalue weighted by Gasteiger charge is -2.16. The Morgan fingerprint density at radius 1 is 0.963 bits per heavy atom. The highest BCUT2D eigenvalue weighted by Crippen LogP contribution is 2.32. The molecule has 0 heterocycles. The summed E-state index contributed by atoms with van der Waals surface area (Å²) in [6.45, 7) is 0. The molecule has 3 aromatic rings. The average molecular weight is 387 g/mol. The van der Waals surface area contributed by atoms with Crippen LogP contribution in [0.4, 0.5) is 27.1 Å². The van der Waals surface area contributed by atoms with E-state index in [4.69, 9.17) is 10.5 Å². The van der Waals surface area contributed by atoms with Crippen LogP contribution in [0.1, 0.15) is 0 Å². The molecule has 140 valence electrons. The van der Waals surface area contributed by atoms with Crippen LogP contribution < -0.4 is 20.5 Å². The summed E-state index contributed by atoms with van der Waals surface area (Å²) in [5.74, 6) is -0.0286. The predicted octanol–water partition coefficient (Wildman–Crippen LogP) is 3.96. The topological polar surface area (TPSA) is 93.5 Å². The number of anilines is 4. The molecule has 0 saturated heterocycles. The summed E-state index contributed by atoms with van der Waals surface area (Å²) in [5, 5.41) is 2.94. The maximum atomic E-state index is 13.3. The van der Waals surface area contributed by atoms with Crippen LogP contribution in [0.5, 0.6) is 5.75 Å². The van der Waals surface area contributed by atoms with E-state index in [0.29, 0.717) is 17.1 Å². The first-order valence-corrected chi connectivity index (χ1v) is 9.45. The molecular weight excluding hydrogens is 369 g/mol. The van der Waals surface area contributed by atoms with Crippen molar-refractivity contribution in [2.24, 2.45) is 0 Å². The second-order valence-electron chi connectivity index (χ2n) is 5.69. The van der Waals surface area contributed by atoms with E-state index in [2.05, 4.69) is 10.0 Å². The van der Waals surface area contributed by atoms with Gasteiger partial charge in [-0.1, -0.05) is 18.2 Å². The number of ether oxygens (including phenoxy) is 1. The average Bonchev–Trinajstić information content (AvgIpc) is 2.64. The minimum atomic E-state index is -3.89. The lowest BCUT2D eigenvalue weighted by molar-refractivity contribution is 0.414. The monoisotopic (exact) mass is 387 g/mol. The van der Waals surface area contributed by atoms with Crippen LogP contribution in [0.2, 0.25) is 0 Å². The molecule has 0 atom stereocenters. The number of para-hydroxylation sites is 1. The Morgan fingerprint density at radius 3 is 2.37 bits per heavy atom. The third kappa shape index (κ3) is 4.29.